The van der Waals surface area contributed by atoms with Crippen molar-refractivity contribution in [1.82, 2.24) is 10.1 Å². The number of ether oxygens (including phenoxy) is 1. The molecule has 0 bridgehead atoms. The molecule has 0 N–H and O–H groups in total. The van der Waals surface area contributed by atoms with Crippen LogP contribution in [0.25, 0.3) is 11.4 Å². The van der Waals surface area contributed by atoms with E-state index in [2.05, 4.69) is 14.9 Å². The molecule has 0 aliphatic rings. The number of carbonyl (C=O) groups excluding carboxylic acids is 1. The third kappa shape index (κ3) is 4.92. The van der Waals surface area contributed by atoms with Crippen molar-refractivity contribution in [2.24, 2.45) is 0 Å². The van der Waals surface area contributed by atoms with Gasteiger partial charge in [0.25, 0.3) is 0 Å². The number of alkyl halides is 3. The van der Waals surface area contributed by atoms with Crippen molar-refractivity contribution >= 4 is 17.7 Å². The Morgan fingerprint density at radius 1 is 1.14 bits per heavy atom. The number of esters is 1. The van der Waals surface area contributed by atoms with Crippen molar-refractivity contribution in [3.05, 3.63) is 71.1 Å². The van der Waals surface area contributed by atoms with Crippen LogP contribution in [0.3, 0.4) is 0 Å². The van der Waals surface area contributed by atoms with Crippen LogP contribution in [0.4, 0.5) is 13.2 Å². The van der Waals surface area contributed by atoms with Gasteiger partial charge in [0, 0.05) is 11.3 Å². The average molecular weight is 408 g/mol. The Balaban J connectivity index is 1.62. The van der Waals surface area contributed by atoms with Crippen LogP contribution in [-0.2, 0) is 22.4 Å². The molecule has 5 nitrogen and oxygen atoms in total. The molecule has 0 radical (unpaired) electrons. The summed E-state index contributed by atoms with van der Waals surface area (Å²) in [4.78, 5) is 15.7. The number of thioether (sulfide) groups is 1. The Morgan fingerprint density at radius 2 is 1.93 bits per heavy atom. The quantitative estimate of drug-likeness (QED) is 0.536. The maximum atomic E-state index is 12.8. The highest BCUT2D eigenvalue weighted by Crippen LogP contribution is 2.31. The van der Waals surface area contributed by atoms with Crippen molar-refractivity contribution in [3.8, 4) is 11.4 Å². The molecule has 0 amide bonds. The fourth-order valence-corrected chi connectivity index (χ4v) is 3.24. The van der Waals surface area contributed by atoms with Gasteiger partial charge in [-0.15, -0.1) is 11.8 Å². The predicted molar refractivity (Wildman–Crippen MR) is 97.5 cm³/mol. The van der Waals surface area contributed by atoms with Crippen molar-refractivity contribution in [2.45, 2.75) is 17.7 Å². The summed E-state index contributed by atoms with van der Waals surface area (Å²) in [7, 11) is 1.32. The summed E-state index contributed by atoms with van der Waals surface area (Å²) in [5.74, 6) is 0.978. The van der Waals surface area contributed by atoms with Crippen LogP contribution in [0.5, 0.6) is 0 Å². The predicted octanol–water partition coefficient (Wildman–Crippen LogP) is 4.98. The van der Waals surface area contributed by atoms with E-state index in [1.807, 2.05) is 6.07 Å². The molecule has 3 aromatic rings. The minimum Gasteiger partial charge on any atom is -0.465 e. The number of benzene rings is 2. The first-order chi connectivity index (χ1) is 13.4. The molecule has 9 heteroatoms. The number of nitrogens with zero attached hydrogens (tertiary/aromatic N) is 2. The zero-order valence-electron chi connectivity index (χ0n) is 14.7. The number of rotatable bonds is 6. The smallest absolute Gasteiger partial charge is 0.416 e. The summed E-state index contributed by atoms with van der Waals surface area (Å²) in [5.41, 5.74) is 0.854. The van der Waals surface area contributed by atoms with Gasteiger partial charge >= 0.3 is 12.1 Å². The molecule has 146 valence electrons. The van der Waals surface area contributed by atoms with Crippen LogP contribution in [0, 0.1) is 0 Å². The molecule has 1 heterocycles. The topological polar surface area (TPSA) is 65.2 Å². The summed E-state index contributed by atoms with van der Waals surface area (Å²) >= 11 is 1.48. The molecular formula is C19H15F3N2O3S. The van der Waals surface area contributed by atoms with Gasteiger partial charge in [0.15, 0.2) is 0 Å². The number of halogens is 3. The second kappa shape index (κ2) is 8.47. The molecule has 0 aliphatic heterocycles. The SMILES string of the molecule is COC(=O)c1cccc(CSCc2nc(-c3cccc(C(F)(F)F)c3)no2)c1. The zero-order valence-corrected chi connectivity index (χ0v) is 15.5. The minimum absolute atomic E-state index is 0.106. The van der Waals surface area contributed by atoms with Crippen LogP contribution in [-0.4, -0.2) is 23.2 Å². The van der Waals surface area contributed by atoms with Gasteiger partial charge in [-0.3, -0.25) is 0 Å². The Morgan fingerprint density at radius 3 is 2.68 bits per heavy atom. The van der Waals surface area contributed by atoms with Gasteiger partial charge in [-0.25, -0.2) is 4.79 Å². The lowest BCUT2D eigenvalue weighted by atomic mass is 10.1. The highest BCUT2D eigenvalue weighted by molar-refractivity contribution is 7.97. The van der Waals surface area contributed by atoms with Gasteiger partial charge < -0.3 is 9.26 Å². The first-order valence-corrected chi connectivity index (χ1v) is 9.27. The number of aromatic nitrogens is 2. The Kier molecular flexibility index (Phi) is 6.03. The maximum Gasteiger partial charge on any atom is 0.416 e. The third-order valence-electron chi connectivity index (χ3n) is 3.76. The van der Waals surface area contributed by atoms with Crippen molar-refractivity contribution in [3.63, 3.8) is 0 Å². The van der Waals surface area contributed by atoms with E-state index in [0.717, 1.165) is 17.7 Å². The standard InChI is InChI=1S/C19H15F3N2O3S/c1-26-18(25)14-6-2-4-12(8-14)10-28-11-16-23-17(24-27-16)13-5-3-7-15(9-13)19(20,21)22/h2-9H,10-11H2,1H3. The third-order valence-corrected chi connectivity index (χ3v) is 4.75. The van der Waals surface area contributed by atoms with Crippen LogP contribution < -0.4 is 0 Å². The summed E-state index contributed by atoms with van der Waals surface area (Å²) in [5, 5.41) is 3.76. The van der Waals surface area contributed by atoms with E-state index in [-0.39, 0.29) is 11.4 Å². The van der Waals surface area contributed by atoms with Gasteiger partial charge in [-0.2, -0.15) is 18.2 Å². The number of hydrogen-bond acceptors (Lipinski definition) is 6. The summed E-state index contributed by atoms with van der Waals surface area (Å²) in [6.45, 7) is 0. The Hall–Kier alpha value is -2.81. The number of methoxy groups -OCH3 is 1. The van der Waals surface area contributed by atoms with Crippen LogP contribution >= 0.6 is 11.8 Å². The molecule has 0 atom stereocenters. The number of carbonyl (C=O) groups is 1. The lowest BCUT2D eigenvalue weighted by molar-refractivity contribution is -0.137. The minimum atomic E-state index is -4.43. The molecular weight excluding hydrogens is 393 g/mol. The van der Waals surface area contributed by atoms with E-state index in [1.165, 1.54) is 31.0 Å². The molecule has 0 unspecified atom stereocenters. The van der Waals surface area contributed by atoms with Crippen molar-refractivity contribution in [2.75, 3.05) is 7.11 Å². The van der Waals surface area contributed by atoms with E-state index in [9.17, 15) is 18.0 Å². The van der Waals surface area contributed by atoms with Crippen molar-refractivity contribution < 1.29 is 27.2 Å². The molecule has 0 saturated carbocycles. The van der Waals surface area contributed by atoms with E-state index in [4.69, 9.17) is 4.52 Å². The Bertz CT molecular complexity index is 973. The highest BCUT2D eigenvalue weighted by atomic mass is 32.2. The second-order valence-electron chi connectivity index (χ2n) is 5.78. The fourth-order valence-electron chi connectivity index (χ4n) is 2.43. The van der Waals surface area contributed by atoms with Gasteiger partial charge in [-0.1, -0.05) is 29.4 Å². The van der Waals surface area contributed by atoms with Gasteiger partial charge in [0.2, 0.25) is 11.7 Å². The lowest BCUT2D eigenvalue weighted by Gasteiger charge is -2.06. The molecule has 3 rings (SSSR count). The zero-order chi connectivity index (χ0) is 20.1. The summed E-state index contributed by atoms with van der Waals surface area (Å²) < 4.78 is 48.3. The summed E-state index contributed by atoms with van der Waals surface area (Å²) in [6.07, 6.45) is -4.43. The largest absolute Gasteiger partial charge is 0.465 e. The first kappa shape index (κ1) is 19.9. The van der Waals surface area contributed by atoms with Crippen LogP contribution in [0.15, 0.2) is 53.1 Å². The number of hydrogen-bond donors (Lipinski definition) is 0. The monoisotopic (exact) mass is 408 g/mol. The molecule has 0 saturated heterocycles. The molecule has 0 aliphatic carbocycles. The first-order valence-electron chi connectivity index (χ1n) is 8.12. The highest BCUT2D eigenvalue weighted by Gasteiger charge is 2.30. The van der Waals surface area contributed by atoms with Gasteiger partial charge in [0.1, 0.15) is 0 Å². The van der Waals surface area contributed by atoms with E-state index < -0.39 is 17.7 Å². The van der Waals surface area contributed by atoms with Crippen LogP contribution in [0.1, 0.15) is 27.4 Å². The molecule has 1 aromatic heterocycles. The van der Waals surface area contributed by atoms with Gasteiger partial charge in [0.05, 0.1) is 24.0 Å². The summed E-state index contributed by atoms with van der Waals surface area (Å²) in [6, 6.07) is 11.8. The van der Waals surface area contributed by atoms with Crippen molar-refractivity contribution in [1.29, 1.82) is 0 Å². The van der Waals surface area contributed by atoms with E-state index >= 15 is 0 Å². The maximum absolute atomic E-state index is 12.8. The second-order valence-corrected chi connectivity index (χ2v) is 6.76. The molecule has 0 fully saturated rings. The molecule has 28 heavy (non-hydrogen) atoms. The van der Waals surface area contributed by atoms with E-state index in [1.54, 1.807) is 18.2 Å². The lowest BCUT2D eigenvalue weighted by Crippen LogP contribution is -2.04. The van der Waals surface area contributed by atoms with Crippen LogP contribution in [0.2, 0.25) is 0 Å². The molecule has 2 aromatic carbocycles. The van der Waals surface area contributed by atoms with E-state index in [0.29, 0.717) is 23.0 Å². The fraction of sp³-hybridized carbons (Fsp3) is 0.211. The average Bonchev–Trinajstić information content (AvgIpc) is 3.16. The Labute approximate surface area is 162 Å². The molecule has 0 spiro atoms. The van der Waals surface area contributed by atoms with Gasteiger partial charge in [-0.05, 0) is 29.8 Å². The normalized spacial score (nSPS) is 11.4.